The number of carbonyl (C=O) groups is 3. The van der Waals surface area contributed by atoms with Crippen molar-refractivity contribution in [3.05, 3.63) is 11.9 Å². The molecule has 156 valence electrons. The van der Waals surface area contributed by atoms with Gasteiger partial charge in [-0.1, -0.05) is 27.7 Å². The fourth-order valence-corrected chi connectivity index (χ4v) is 2.16. The maximum atomic E-state index is 14.5. The smallest absolute Gasteiger partial charge is 0.408 e. The minimum absolute atomic E-state index is 0.174. The molecule has 2 N–H and O–H groups in total. The molecular weight excluding hydrogens is 355 g/mol. The Hall–Kier alpha value is -2.12. The van der Waals surface area contributed by atoms with Crippen molar-refractivity contribution in [1.29, 1.82) is 0 Å². The largest absolute Gasteiger partial charge is 0.467 e. The minimum atomic E-state index is -0.922. The molecule has 0 aromatic carbocycles. The maximum Gasteiger partial charge on any atom is 0.408 e. The number of rotatable bonds is 8. The molecule has 0 fully saturated rings. The lowest BCUT2D eigenvalue weighted by Gasteiger charge is -2.25. The van der Waals surface area contributed by atoms with E-state index in [1.54, 1.807) is 48.5 Å². The number of ether oxygens (including phenoxy) is 2. The summed E-state index contributed by atoms with van der Waals surface area (Å²) in [5.74, 6) is -2.16. The standard InChI is InChI=1S/C19H33FN2O5/c1-11(2)15(22-18(25)27-19(5,6)7)13(20)9-10-14(23)21-16(12(3)4)17(24)26-8/h9,11-12,15-16H,10H2,1-8H3,(H,21,23)(H,22,25)/b13-9-/t15-,16+/m1/s1. The van der Waals surface area contributed by atoms with E-state index >= 15 is 0 Å². The monoisotopic (exact) mass is 388 g/mol. The van der Waals surface area contributed by atoms with Gasteiger partial charge in [0.1, 0.15) is 17.5 Å². The highest BCUT2D eigenvalue weighted by Crippen LogP contribution is 2.16. The fourth-order valence-electron chi connectivity index (χ4n) is 2.16. The van der Waals surface area contributed by atoms with Gasteiger partial charge in [-0.15, -0.1) is 0 Å². The number of amides is 2. The summed E-state index contributed by atoms with van der Waals surface area (Å²) in [6.45, 7) is 12.1. The number of hydrogen-bond acceptors (Lipinski definition) is 5. The van der Waals surface area contributed by atoms with Gasteiger partial charge in [-0.2, -0.15) is 0 Å². The van der Waals surface area contributed by atoms with Gasteiger partial charge in [0.2, 0.25) is 5.91 Å². The fraction of sp³-hybridized carbons (Fsp3) is 0.737. The zero-order valence-electron chi connectivity index (χ0n) is 17.5. The lowest BCUT2D eigenvalue weighted by atomic mass is 10.0. The van der Waals surface area contributed by atoms with Crippen molar-refractivity contribution in [3.63, 3.8) is 0 Å². The Bertz CT molecular complexity index is 553. The topological polar surface area (TPSA) is 93.7 Å². The summed E-state index contributed by atoms with van der Waals surface area (Å²) in [7, 11) is 1.24. The second kappa shape index (κ2) is 10.9. The van der Waals surface area contributed by atoms with E-state index in [1.165, 1.54) is 7.11 Å². The third-order valence-corrected chi connectivity index (χ3v) is 3.56. The van der Waals surface area contributed by atoms with Crippen molar-refractivity contribution in [1.82, 2.24) is 10.6 Å². The molecule has 0 aliphatic heterocycles. The molecular formula is C19H33FN2O5. The van der Waals surface area contributed by atoms with Crippen LogP contribution in [-0.4, -0.2) is 42.8 Å². The highest BCUT2D eigenvalue weighted by Gasteiger charge is 2.26. The molecule has 7 nitrogen and oxygen atoms in total. The lowest BCUT2D eigenvalue weighted by Crippen LogP contribution is -2.45. The molecule has 0 bridgehead atoms. The van der Waals surface area contributed by atoms with Crippen LogP contribution in [0.15, 0.2) is 11.9 Å². The van der Waals surface area contributed by atoms with Crippen LogP contribution in [0, 0.1) is 11.8 Å². The first kappa shape index (κ1) is 24.9. The highest BCUT2D eigenvalue weighted by molar-refractivity contribution is 5.85. The van der Waals surface area contributed by atoms with Gasteiger partial charge >= 0.3 is 12.1 Å². The molecule has 0 aliphatic rings. The van der Waals surface area contributed by atoms with E-state index in [2.05, 4.69) is 15.4 Å². The molecule has 0 unspecified atom stereocenters. The summed E-state index contributed by atoms with van der Waals surface area (Å²) in [6, 6.07) is -1.73. The van der Waals surface area contributed by atoms with Crippen LogP contribution in [0.2, 0.25) is 0 Å². The summed E-state index contributed by atoms with van der Waals surface area (Å²) >= 11 is 0. The van der Waals surface area contributed by atoms with E-state index < -0.39 is 41.5 Å². The molecule has 0 aromatic rings. The van der Waals surface area contributed by atoms with Crippen LogP contribution < -0.4 is 10.6 Å². The highest BCUT2D eigenvalue weighted by atomic mass is 19.1. The van der Waals surface area contributed by atoms with Crippen molar-refractivity contribution in [3.8, 4) is 0 Å². The molecule has 0 rings (SSSR count). The predicted octanol–water partition coefficient (Wildman–Crippen LogP) is 3.09. The Morgan fingerprint density at radius 1 is 1.00 bits per heavy atom. The second-order valence-corrected chi connectivity index (χ2v) is 7.97. The predicted molar refractivity (Wildman–Crippen MR) is 101 cm³/mol. The Kier molecular flexibility index (Phi) is 10.0. The van der Waals surface area contributed by atoms with E-state index in [0.717, 1.165) is 6.08 Å². The van der Waals surface area contributed by atoms with Crippen LogP contribution in [0.4, 0.5) is 9.18 Å². The number of hydrogen-bond donors (Lipinski definition) is 2. The van der Waals surface area contributed by atoms with Crippen molar-refractivity contribution in [2.24, 2.45) is 11.8 Å². The third kappa shape index (κ3) is 9.96. The molecule has 0 aliphatic carbocycles. The second-order valence-electron chi connectivity index (χ2n) is 7.97. The summed E-state index contributed by atoms with van der Waals surface area (Å²) in [4.78, 5) is 35.6. The van der Waals surface area contributed by atoms with Crippen LogP contribution in [0.5, 0.6) is 0 Å². The Morgan fingerprint density at radius 3 is 1.93 bits per heavy atom. The van der Waals surface area contributed by atoms with Crippen molar-refractivity contribution < 1.29 is 28.2 Å². The first-order valence-corrected chi connectivity index (χ1v) is 9.00. The van der Waals surface area contributed by atoms with Gasteiger partial charge in [0.25, 0.3) is 0 Å². The lowest BCUT2D eigenvalue weighted by molar-refractivity contribution is -0.146. The Balaban J connectivity index is 4.97. The summed E-state index contributed by atoms with van der Waals surface area (Å²) in [5, 5.41) is 5.00. The van der Waals surface area contributed by atoms with Crippen LogP contribution in [0.25, 0.3) is 0 Å². The van der Waals surface area contributed by atoms with Gasteiger partial charge in [-0.05, 0) is 38.7 Å². The molecule has 0 saturated carbocycles. The minimum Gasteiger partial charge on any atom is -0.467 e. The molecule has 0 heterocycles. The normalized spacial score (nSPS) is 14.6. The van der Waals surface area contributed by atoms with E-state index in [-0.39, 0.29) is 18.3 Å². The summed E-state index contributed by atoms with van der Waals surface area (Å²) in [5.41, 5.74) is -0.703. The quantitative estimate of drug-likeness (QED) is 0.623. The SMILES string of the molecule is COC(=O)[C@@H](NC(=O)C/C=C(\F)[C@H](NC(=O)OC(C)(C)C)C(C)C)C(C)C. The van der Waals surface area contributed by atoms with Gasteiger partial charge in [0.05, 0.1) is 13.2 Å². The zero-order valence-corrected chi connectivity index (χ0v) is 17.5. The maximum absolute atomic E-state index is 14.5. The third-order valence-electron chi connectivity index (χ3n) is 3.56. The van der Waals surface area contributed by atoms with Crippen LogP contribution in [0.1, 0.15) is 54.9 Å². The van der Waals surface area contributed by atoms with E-state index in [4.69, 9.17) is 4.74 Å². The Morgan fingerprint density at radius 2 is 1.52 bits per heavy atom. The van der Waals surface area contributed by atoms with Crippen LogP contribution in [-0.2, 0) is 19.1 Å². The molecule has 2 amide bonds. The number of nitrogens with one attached hydrogen (secondary N) is 2. The number of halogens is 1. The van der Waals surface area contributed by atoms with Gasteiger partial charge in [-0.3, -0.25) is 4.79 Å². The first-order valence-electron chi connectivity index (χ1n) is 9.00. The number of alkyl carbamates (subject to hydrolysis) is 1. The van der Waals surface area contributed by atoms with Crippen LogP contribution in [0.3, 0.4) is 0 Å². The first-order chi connectivity index (χ1) is 12.3. The average molecular weight is 388 g/mol. The molecule has 2 atom stereocenters. The molecule has 27 heavy (non-hydrogen) atoms. The van der Waals surface area contributed by atoms with E-state index in [9.17, 15) is 18.8 Å². The van der Waals surface area contributed by atoms with Gasteiger partial charge < -0.3 is 20.1 Å². The van der Waals surface area contributed by atoms with Gasteiger partial charge in [0, 0.05) is 6.42 Å². The number of methoxy groups -OCH3 is 1. The van der Waals surface area contributed by atoms with Crippen molar-refractivity contribution >= 4 is 18.0 Å². The zero-order chi connectivity index (χ0) is 21.4. The van der Waals surface area contributed by atoms with Gasteiger partial charge in [-0.25, -0.2) is 14.0 Å². The number of carbonyl (C=O) groups excluding carboxylic acids is 3. The average Bonchev–Trinajstić information content (AvgIpc) is 2.52. The Labute approximate surface area is 161 Å². The molecule has 0 radical (unpaired) electrons. The molecule has 8 heteroatoms. The summed E-state index contributed by atoms with van der Waals surface area (Å²) in [6.07, 6.45) is 0.0804. The molecule has 0 spiro atoms. The molecule has 0 aromatic heterocycles. The van der Waals surface area contributed by atoms with Crippen molar-refractivity contribution in [2.75, 3.05) is 7.11 Å². The number of esters is 1. The van der Waals surface area contributed by atoms with Crippen LogP contribution >= 0.6 is 0 Å². The van der Waals surface area contributed by atoms with Crippen molar-refractivity contribution in [2.45, 2.75) is 72.6 Å². The molecule has 0 saturated heterocycles. The van der Waals surface area contributed by atoms with E-state index in [1.807, 2.05) is 0 Å². The summed E-state index contributed by atoms with van der Waals surface area (Å²) < 4.78 is 24.3. The van der Waals surface area contributed by atoms with E-state index in [0.29, 0.717) is 0 Å². The van der Waals surface area contributed by atoms with Gasteiger partial charge in [0.15, 0.2) is 0 Å².